The third kappa shape index (κ3) is 5.26. The highest BCUT2D eigenvalue weighted by Crippen LogP contribution is 2.21. The molecular formula is C22H25N5O2. The zero-order valence-electron chi connectivity index (χ0n) is 16.5. The van der Waals surface area contributed by atoms with Crippen LogP contribution in [0.4, 0.5) is 0 Å². The van der Waals surface area contributed by atoms with E-state index in [4.69, 9.17) is 4.74 Å². The standard InChI is InChI=1S/C22H25N5O2/c1-27-9-7-16(8-10-27)15-29-20-13-23-22(24-14-20)18-4-2-3-17(11-18)12-19-5-6-21(28)26-25-19/h2-6,11,13-14,16H,7-10,12,15H2,1H3,(H,26,28). The minimum Gasteiger partial charge on any atom is -0.490 e. The molecule has 7 nitrogen and oxygen atoms in total. The predicted molar refractivity (Wildman–Crippen MR) is 111 cm³/mol. The monoisotopic (exact) mass is 391 g/mol. The molecule has 0 radical (unpaired) electrons. The maximum Gasteiger partial charge on any atom is 0.264 e. The molecule has 1 aliphatic rings. The molecule has 3 heterocycles. The van der Waals surface area contributed by atoms with Crippen molar-refractivity contribution in [3.05, 3.63) is 70.4 Å². The summed E-state index contributed by atoms with van der Waals surface area (Å²) in [5.74, 6) is 1.97. The van der Waals surface area contributed by atoms with Crippen LogP contribution in [0.1, 0.15) is 24.1 Å². The number of likely N-dealkylation sites (tertiary alicyclic amines) is 1. The van der Waals surface area contributed by atoms with E-state index in [-0.39, 0.29) is 5.56 Å². The highest BCUT2D eigenvalue weighted by Gasteiger charge is 2.17. The van der Waals surface area contributed by atoms with Crippen LogP contribution >= 0.6 is 0 Å². The van der Waals surface area contributed by atoms with Crippen molar-refractivity contribution in [2.24, 2.45) is 5.92 Å². The summed E-state index contributed by atoms with van der Waals surface area (Å²) in [6.45, 7) is 2.99. The van der Waals surface area contributed by atoms with Gasteiger partial charge in [0.05, 0.1) is 24.7 Å². The van der Waals surface area contributed by atoms with E-state index in [0.29, 0.717) is 23.9 Å². The van der Waals surface area contributed by atoms with E-state index in [1.54, 1.807) is 18.5 Å². The van der Waals surface area contributed by atoms with Gasteiger partial charge in [0.2, 0.25) is 0 Å². The lowest BCUT2D eigenvalue weighted by atomic mass is 9.98. The second-order valence-electron chi connectivity index (χ2n) is 7.59. The number of aromatic amines is 1. The second kappa shape index (κ2) is 8.96. The Hall–Kier alpha value is -3.06. The van der Waals surface area contributed by atoms with Crippen LogP contribution in [-0.4, -0.2) is 51.8 Å². The Bertz CT molecular complexity index is 974. The summed E-state index contributed by atoms with van der Waals surface area (Å²) in [5.41, 5.74) is 2.62. The molecule has 0 bridgehead atoms. The van der Waals surface area contributed by atoms with E-state index in [1.807, 2.05) is 24.3 Å². The lowest BCUT2D eigenvalue weighted by Crippen LogP contribution is -2.32. The summed E-state index contributed by atoms with van der Waals surface area (Å²) in [4.78, 5) is 22.5. The van der Waals surface area contributed by atoms with Crippen LogP contribution in [0.5, 0.6) is 5.75 Å². The Labute approximate surface area is 169 Å². The van der Waals surface area contributed by atoms with Crippen molar-refractivity contribution in [3.63, 3.8) is 0 Å². The number of piperidine rings is 1. The fourth-order valence-electron chi connectivity index (χ4n) is 3.48. The number of hydrogen-bond donors (Lipinski definition) is 1. The van der Waals surface area contributed by atoms with Crippen LogP contribution in [0.3, 0.4) is 0 Å². The van der Waals surface area contributed by atoms with Gasteiger partial charge in [0.25, 0.3) is 5.56 Å². The summed E-state index contributed by atoms with van der Waals surface area (Å²) in [6, 6.07) is 11.2. The van der Waals surface area contributed by atoms with Crippen LogP contribution < -0.4 is 10.3 Å². The molecule has 2 aromatic heterocycles. The second-order valence-corrected chi connectivity index (χ2v) is 7.59. The van der Waals surface area contributed by atoms with E-state index in [0.717, 1.165) is 36.5 Å². The summed E-state index contributed by atoms with van der Waals surface area (Å²) in [5, 5.41) is 6.53. The van der Waals surface area contributed by atoms with Gasteiger partial charge in [-0.3, -0.25) is 4.79 Å². The first-order chi connectivity index (χ1) is 14.2. The topological polar surface area (TPSA) is 84.0 Å². The zero-order chi connectivity index (χ0) is 20.1. The summed E-state index contributed by atoms with van der Waals surface area (Å²) in [7, 11) is 2.16. The molecule has 0 atom stereocenters. The molecule has 1 fully saturated rings. The van der Waals surface area contributed by atoms with E-state index in [1.165, 1.54) is 18.9 Å². The number of H-pyrrole nitrogens is 1. The van der Waals surface area contributed by atoms with Crippen LogP contribution in [-0.2, 0) is 6.42 Å². The highest BCUT2D eigenvalue weighted by atomic mass is 16.5. The Kier molecular flexibility index (Phi) is 5.95. The smallest absolute Gasteiger partial charge is 0.264 e. The Balaban J connectivity index is 1.38. The lowest BCUT2D eigenvalue weighted by molar-refractivity contribution is 0.159. The van der Waals surface area contributed by atoms with Gasteiger partial charge < -0.3 is 9.64 Å². The number of nitrogens with one attached hydrogen (secondary N) is 1. The van der Waals surface area contributed by atoms with Crippen LogP contribution in [0.2, 0.25) is 0 Å². The molecule has 0 spiro atoms. The molecule has 0 unspecified atom stereocenters. The number of hydrogen-bond acceptors (Lipinski definition) is 6. The molecule has 4 rings (SSSR count). The molecular weight excluding hydrogens is 366 g/mol. The molecule has 1 saturated heterocycles. The Morgan fingerprint density at radius 2 is 1.93 bits per heavy atom. The SMILES string of the molecule is CN1CCC(COc2cnc(-c3cccc(Cc4ccc(=O)[nH]n4)c3)nc2)CC1. The third-order valence-electron chi connectivity index (χ3n) is 5.26. The maximum atomic E-state index is 11.1. The van der Waals surface area contributed by atoms with Gasteiger partial charge >= 0.3 is 0 Å². The van der Waals surface area contributed by atoms with Crippen LogP contribution in [0.15, 0.2) is 53.6 Å². The van der Waals surface area contributed by atoms with Gasteiger partial charge in [0, 0.05) is 18.1 Å². The minimum absolute atomic E-state index is 0.200. The third-order valence-corrected chi connectivity index (χ3v) is 5.26. The van der Waals surface area contributed by atoms with Crippen molar-refractivity contribution in [2.45, 2.75) is 19.3 Å². The van der Waals surface area contributed by atoms with Crippen molar-refractivity contribution < 1.29 is 4.74 Å². The van der Waals surface area contributed by atoms with Gasteiger partial charge in [0.1, 0.15) is 0 Å². The zero-order valence-corrected chi connectivity index (χ0v) is 16.5. The molecule has 1 aromatic carbocycles. The molecule has 150 valence electrons. The van der Waals surface area contributed by atoms with Gasteiger partial charge in [0.15, 0.2) is 11.6 Å². The summed E-state index contributed by atoms with van der Waals surface area (Å²) in [6.07, 6.45) is 6.46. The molecule has 0 aliphatic carbocycles. The Morgan fingerprint density at radius 3 is 2.66 bits per heavy atom. The maximum absolute atomic E-state index is 11.1. The van der Waals surface area contributed by atoms with Crippen molar-refractivity contribution in [1.82, 2.24) is 25.1 Å². The van der Waals surface area contributed by atoms with Gasteiger partial charge in [-0.05, 0) is 56.6 Å². The molecule has 3 aromatic rings. The van der Waals surface area contributed by atoms with Crippen molar-refractivity contribution >= 4 is 0 Å². The van der Waals surface area contributed by atoms with Gasteiger partial charge in [-0.25, -0.2) is 15.1 Å². The number of aromatic nitrogens is 4. The first kappa shape index (κ1) is 19.3. The Morgan fingerprint density at radius 1 is 1.14 bits per heavy atom. The molecule has 7 heteroatoms. The summed E-state index contributed by atoms with van der Waals surface area (Å²) >= 11 is 0. The van der Waals surface area contributed by atoms with Gasteiger partial charge in [-0.2, -0.15) is 5.10 Å². The van der Waals surface area contributed by atoms with E-state index in [2.05, 4.69) is 32.1 Å². The highest BCUT2D eigenvalue weighted by molar-refractivity contribution is 5.56. The average Bonchev–Trinajstić information content (AvgIpc) is 2.76. The fraction of sp³-hybridized carbons (Fsp3) is 0.364. The molecule has 1 aliphatic heterocycles. The van der Waals surface area contributed by atoms with E-state index >= 15 is 0 Å². The van der Waals surface area contributed by atoms with Gasteiger partial charge in [-0.15, -0.1) is 0 Å². The van der Waals surface area contributed by atoms with E-state index in [9.17, 15) is 4.79 Å². The summed E-state index contributed by atoms with van der Waals surface area (Å²) < 4.78 is 5.90. The van der Waals surface area contributed by atoms with E-state index < -0.39 is 0 Å². The molecule has 1 N–H and O–H groups in total. The normalized spacial score (nSPS) is 15.3. The number of nitrogens with zero attached hydrogens (tertiary/aromatic N) is 4. The number of rotatable bonds is 6. The largest absolute Gasteiger partial charge is 0.490 e. The number of ether oxygens (including phenoxy) is 1. The molecule has 29 heavy (non-hydrogen) atoms. The molecule has 0 saturated carbocycles. The minimum atomic E-state index is -0.200. The first-order valence-electron chi connectivity index (χ1n) is 9.93. The quantitative estimate of drug-likeness (QED) is 0.695. The first-order valence-corrected chi connectivity index (χ1v) is 9.93. The predicted octanol–water partition coefficient (Wildman–Crippen LogP) is 2.54. The molecule has 0 amide bonds. The lowest BCUT2D eigenvalue weighted by Gasteiger charge is -2.28. The fourth-order valence-corrected chi connectivity index (χ4v) is 3.48. The van der Waals surface area contributed by atoms with Gasteiger partial charge in [-0.1, -0.05) is 18.2 Å². The van der Waals surface area contributed by atoms with Crippen LogP contribution in [0, 0.1) is 5.92 Å². The number of benzene rings is 1. The van der Waals surface area contributed by atoms with Crippen molar-refractivity contribution in [3.8, 4) is 17.1 Å². The van der Waals surface area contributed by atoms with Crippen molar-refractivity contribution in [2.75, 3.05) is 26.7 Å². The van der Waals surface area contributed by atoms with Crippen LogP contribution in [0.25, 0.3) is 11.4 Å². The van der Waals surface area contributed by atoms with Crippen molar-refractivity contribution in [1.29, 1.82) is 0 Å². The average molecular weight is 391 g/mol.